The number of ether oxygens (including phenoxy) is 1. The highest BCUT2D eigenvalue weighted by molar-refractivity contribution is 5.88. The van der Waals surface area contributed by atoms with Crippen molar-refractivity contribution >= 4 is 11.8 Å². The summed E-state index contributed by atoms with van der Waals surface area (Å²) in [6.45, 7) is 5.67. The highest BCUT2D eigenvalue weighted by Gasteiger charge is 2.29. The summed E-state index contributed by atoms with van der Waals surface area (Å²) in [6.07, 6.45) is 4.10. The molecule has 32 heavy (non-hydrogen) atoms. The Morgan fingerprint density at radius 2 is 1.72 bits per heavy atom. The van der Waals surface area contributed by atoms with E-state index in [0.29, 0.717) is 17.2 Å². The molecule has 0 radical (unpaired) electrons. The molecule has 5 nitrogen and oxygen atoms in total. The van der Waals surface area contributed by atoms with Crippen LogP contribution in [0.3, 0.4) is 0 Å². The molecule has 1 aliphatic rings. The molecule has 0 aliphatic heterocycles. The minimum atomic E-state index is -0.741. The van der Waals surface area contributed by atoms with Crippen LogP contribution in [0.15, 0.2) is 48.5 Å². The van der Waals surface area contributed by atoms with Crippen LogP contribution in [0.5, 0.6) is 5.75 Å². The Labute approximate surface area is 190 Å². The summed E-state index contributed by atoms with van der Waals surface area (Å²) < 4.78 is 20.0. The molecule has 0 bridgehead atoms. The second kappa shape index (κ2) is 11.1. The lowest BCUT2D eigenvalue weighted by molar-refractivity contribution is -0.142. The fourth-order valence-electron chi connectivity index (χ4n) is 3.96. The number of hydrogen-bond donors (Lipinski definition) is 1. The largest absolute Gasteiger partial charge is 0.484 e. The van der Waals surface area contributed by atoms with Crippen molar-refractivity contribution in [1.29, 1.82) is 0 Å². The summed E-state index contributed by atoms with van der Waals surface area (Å²) in [4.78, 5) is 27.3. The number of rotatable bonds is 9. The van der Waals surface area contributed by atoms with Gasteiger partial charge < -0.3 is 15.0 Å². The van der Waals surface area contributed by atoms with Gasteiger partial charge in [-0.15, -0.1) is 0 Å². The Morgan fingerprint density at radius 1 is 1.06 bits per heavy atom. The van der Waals surface area contributed by atoms with Gasteiger partial charge in [0.05, 0.1) is 0 Å². The van der Waals surface area contributed by atoms with Crippen LogP contribution in [0.4, 0.5) is 4.39 Å². The molecule has 1 atom stereocenters. The average Bonchev–Trinajstić information content (AvgIpc) is 3.29. The van der Waals surface area contributed by atoms with Crippen molar-refractivity contribution < 1.29 is 18.7 Å². The molecule has 1 aliphatic carbocycles. The molecule has 2 aromatic carbocycles. The van der Waals surface area contributed by atoms with Gasteiger partial charge in [-0.25, -0.2) is 4.39 Å². The van der Waals surface area contributed by atoms with Crippen LogP contribution in [-0.2, 0) is 16.1 Å². The highest BCUT2D eigenvalue weighted by Crippen LogP contribution is 2.20. The maximum atomic E-state index is 14.3. The van der Waals surface area contributed by atoms with Crippen molar-refractivity contribution in [2.24, 2.45) is 0 Å². The van der Waals surface area contributed by atoms with Crippen molar-refractivity contribution in [3.05, 3.63) is 65.5 Å². The first-order valence-corrected chi connectivity index (χ1v) is 11.4. The lowest BCUT2D eigenvalue weighted by atomic mass is 10.0. The smallest absolute Gasteiger partial charge is 0.261 e. The molecule has 172 valence electrons. The Morgan fingerprint density at radius 3 is 2.34 bits per heavy atom. The quantitative estimate of drug-likeness (QED) is 0.609. The molecule has 1 N–H and O–H groups in total. The van der Waals surface area contributed by atoms with Gasteiger partial charge in [-0.3, -0.25) is 9.59 Å². The number of nitrogens with zero attached hydrogens (tertiary/aromatic N) is 1. The van der Waals surface area contributed by atoms with Gasteiger partial charge in [0, 0.05) is 18.2 Å². The third-order valence-electron chi connectivity index (χ3n) is 6.08. The summed E-state index contributed by atoms with van der Waals surface area (Å²) in [7, 11) is 0. The van der Waals surface area contributed by atoms with Crippen molar-refractivity contribution in [2.45, 2.75) is 71.0 Å². The molecule has 1 fully saturated rings. The Balaban J connectivity index is 1.70. The molecule has 0 unspecified atom stereocenters. The van der Waals surface area contributed by atoms with E-state index in [0.717, 1.165) is 25.7 Å². The van der Waals surface area contributed by atoms with Gasteiger partial charge >= 0.3 is 0 Å². The summed E-state index contributed by atoms with van der Waals surface area (Å²) in [6, 6.07) is 13.3. The summed E-state index contributed by atoms with van der Waals surface area (Å²) in [5.74, 6) is -0.00476. The number of carbonyl (C=O) groups is 2. The Bertz CT molecular complexity index is 908. The van der Waals surface area contributed by atoms with E-state index in [9.17, 15) is 14.0 Å². The number of benzene rings is 2. The molecule has 0 saturated heterocycles. The average molecular weight is 441 g/mol. The molecular weight excluding hydrogens is 407 g/mol. The van der Waals surface area contributed by atoms with Gasteiger partial charge in [0.1, 0.15) is 17.6 Å². The van der Waals surface area contributed by atoms with E-state index in [1.54, 1.807) is 25.1 Å². The van der Waals surface area contributed by atoms with E-state index in [2.05, 4.69) is 19.2 Å². The van der Waals surface area contributed by atoms with E-state index in [1.807, 2.05) is 24.3 Å². The van der Waals surface area contributed by atoms with Gasteiger partial charge in [0.2, 0.25) is 5.91 Å². The van der Waals surface area contributed by atoms with Crippen LogP contribution in [-0.4, -0.2) is 35.4 Å². The fraction of sp³-hybridized carbons (Fsp3) is 0.462. The van der Waals surface area contributed by atoms with Gasteiger partial charge in [0.15, 0.2) is 6.61 Å². The molecule has 2 aromatic rings. The number of amides is 2. The van der Waals surface area contributed by atoms with Crippen molar-refractivity contribution in [1.82, 2.24) is 10.2 Å². The van der Waals surface area contributed by atoms with E-state index in [4.69, 9.17) is 4.74 Å². The maximum absolute atomic E-state index is 14.3. The minimum absolute atomic E-state index is 0.000404. The summed E-state index contributed by atoms with van der Waals surface area (Å²) in [5, 5.41) is 3.04. The van der Waals surface area contributed by atoms with Crippen LogP contribution in [0.25, 0.3) is 0 Å². The molecule has 3 rings (SSSR count). The first-order chi connectivity index (χ1) is 15.3. The third-order valence-corrected chi connectivity index (χ3v) is 6.08. The zero-order valence-corrected chi connectivity index (χ0v) is 19.1. The predicted octanol–water partition coefficient (Wildman–Crippen LogP) is 4.80. The van der Waals surface area contributed by atoms with Crippen molar-refractivity contribution in [2.75, 3.05) is 6.61 Å². The van der Waals surface area contributed by atoms with E-state index in [-0.39, 0.29) is 31.0 Å². The SMILES string of the molecule is CC(C)c1ccc(OCC(=O)N(Cc2ccccc2F)[C@@H](C)C(=O)NC2CCCC2)cc1. The minimum Gasteiger partial charge on any atom is -0.484 e. The Hall–Kier alpha value is -2.89. The number of halogens is 1. The first-order valence-electron chi connectivity index (χ1n) is 11.4. The lowest BCUT2D eigenvalue weighted by Crippen LogP contribution is -2.50. The second-order valence-electron chi connectivity index (χ2n) is 8.79. The van der Waals surface area contributed by atoms with Crippen molar-refractivity contribution in [3.63, 3.8) is 0 Å². The maximum Gasteiger partial charge on any atom is 0.261 e. The van der Waals surface area contributed by atoms with Crippen LogP contribution < -0.4 is 10.1 Å². The number of hydrogen-bond acceptors (Lipinski definition) is 3. The van der Waals surface area contributed by atoms with E-state index < -0.39 is 11.9 Å². The molecule has 1 saturated carbocycles. The summed E-state index contributed by atoms with van der Waals surface area (Å²) >= 11 is 0. The molecule has 6 heteroatoms. The standard InChI is InChI=1S/C26H33FN2O3/c1-18(2)20-12-14-23(15-13-20)32-17-25(30)29(16-21-8-4-7-11-24(21)27)19(3)26(31)28-22-9-5-6-10-22/h4,7-8,11-15,18-19,22H,5-6,9-10,16-17H2,1-3H3,(H,28,31)/t19-/m0/s1. The highest BCUT2D eigenvalue weighted by atomic mass is 19.1. The fourth-order valence-corrected chi connectivity index (χ4v) is 3.96. The third kappa shape index (κ3) is 6.31. The van der Waals surface area contributed by atoms with E-state index >= 15 is 0 Å². The normalized spacial score (nSPS) is 14.9. The number of carbonyl (C=O) groups excluding carboxylic acids is 2. The van der Waals surface area contributed by atoms with E-state index in [1.165, 1.54) is 16.5 Å². The van der Waals surface area contributed by atoms with Gasteiger partial charge in [-0.05, 0) is 49.4 Å². The molecule has 0 aromatic heterocycles. The lowest BCUT2D eigenvalue weighted by Gasteiger charge is -2.29. The van der Waals surface area contributed by atoms with Crippen LogP contribution in [0.1, 0.15) is 63.5 Å². The molecule has 0 heterocycles. The Kier molecular flexibility index (Phi) is 8.26. The van der Waals surface area contributed by atoms with Gasteiger partial charge in [-0.2, -0.15) is 0 Å². The van der Waals surface area contributed by atoms with Crippen LogP contribution in [0, 0.1) is 5.82 Å². The van der Waals surface area contributed by atoms with Crippen LogP contribution >= 0.6 is 0 Å². The van der Waals surface area contributed by atoms with Gasteiger partial charge in [-0.1, -0.05) is 57.0 Å². The zero-order valence-electron chi connectivity index (χ0n) is 19.1. The number of nitrogens with one attached hydrogen (secondary N) is 1. The molecule has 2 amide bonds. The van der Waals surface area contributed by atoms with Crippen LogP contribution in [0.2, 0.25) is 0 Å². The monoisotopic (exact) mass is 440 g/mol. The predicted molar refractivity (Wildman–Crippen MR) is 123 cm³/mol. The van der Waals surface area contributed by atoms with Gasteiger partial charge in [0.25, 0.3) is 5.91 Å². The topological polar surface area (TPSA) is 58.6 Å². The van der Waals surface area contributed by atoms with Crippen molar-refractivity contribution in [3.8, 4) is 5.75 Å². The molecular formula is C26H33FN2O3. The molecule has 0 spiro atoms. The first kappa shape index (κ1) is 23.8. The zero-order chi connectivity index (χ0) is 23.1. The second-order valence-corrected chi connectivity index (χ2v) is 8.79. The summed E-state index contributed by atoms with van der Waals surface area (Å²) in [5.41, 5.74) is 1.55.